The monoisotopic (exact) mass is 307 g/mol. The highest BCUT2D eigenvalue weighted by Gasteiger charge is 2.18. The summed E-state index contributed by atoms with van der Waals surface area (Å²) < 4.78 is 24.2. The summed E-state index contributed by atoms with van der Waals surface area (Å²) in [5.41, 5.74) is 0.674. The molecule has 1 N–H and O–H groups in total. The molecule has 0 unspecified atom stereocenters. The molecule has 0 aliphatic carbocycles. The van der Waals surface area contributed by atoms with Crippen LogP contribution in [0.1, 0.15) is 15.9 Å². The van der Waals surface area contributed by atoms with Gasteiger partial charge in [0.2, 0.25) is 6.79 Å². The Hall–Kier alpha value is -2.27. The standard InChI is InChI=1S/C15H11ClFNO3/c16-10-4-5-12(17)11(6-10)15(19)18-7-9-2-1-3-13-14(9)21-8-20-13/h1-6H,7-8H2,(H,18,19). The fourth-order valence-corrected chi connectivity index (χ4v) is 2.24. The fraction of sp³-hybridized carbons (Fsp3) is 0.133. The predicted molar refractivity (Wildman–Crippen MR) is 75.1 cm³/mol. The van der Waals surface area contributed by atoms with E-state index in [0.29, 0.717) is 16.5 Å². The van der Waals surface area contributed by atoms with Gasteiger partial charge in [-0.15, -0.1) is 0 Å². The third kappa shape index (κ3) is 2.78. The molecule has 1 amide bonds. The molecular weight excluding hydrogens is 297 g/mol. The Morgan fingerprint density at radius 2 is 2.14 bits per heavy atom. The summed E-state index contributed by atoms with van der Waals surface area (Å²) in [7, 11) is 0. The minimum atomic E-state index is -0.616. The number of amides is 1. The second kappa shape index (κ2) is 5.61. The molecule has 21 heavy (non-hydrogen) atoms. The highest BCUT2D eigenvalue weighted by Crippen LogP contribution is 2.35. The van der Waals surface area contributed by atoms with Crippen LogP contribution in [0.15, 0.2) is 36.4 Å². The number of halogens is 2. The molecule has 3 rings (SSSR count). The Morgan fingerprint density at radius 1 is 1.29 bits per heavy atom. The van der Waals surface area contributed by atoms with Crippen LogP contribution >= 0.6 is 11.6 Å². The first-order valence-corrected chi connectivity index (χ1v) is 6.63. The molecule has 2 aromatic carbocycles. The van der Waals surface area contributed by atoms with Crippen LogP contribution in [0.4, 0.5) is 4.39 Å². The Balaban J connectivity index is 1.75. The zero-order valence-corrected chi connectivity index (χ0v) is 11.6. The van der Waals surface area contributed by atoms with E-state index in [1.807, 2.05) is 6.07 Å². The van der Waals surface area contributed by atoms with Crippen LogP contribution in [0.2, 0.25) is 5.02 Å². The maximum Gasteiger partial charge on any atom is 0.254 e. The van der Waals surface area contributed by atoms with Crippen molar-refractivity contribution in [2.24, 2.45) is 0 Å². The number of carbonyl (C=O) groups excluding carboxylic acids is 1. The van der Waals surface area contributed by atoms with E-state index in [9.17, 15) is 9.18 Å². The predicted octanol–water partition coefficient (Wildman–Crippen LogP) is 3.14. The van der Waals surface area contributed by atoms with E-state index < -0.39 is 11.7 Å². The van der Waals surface area contributed by atoms with E-state index in [2.05, 4.69) is 5.32 Å². The van der Waals surface area contributed by atoms with Crippen LogP contribution in [0.25, 0.3) is 0 Å². The highest BCUT2D eigenvalue weighted by molar-refractivity contribution is 6.31. The number of rotatable bonds is 3. The lowest BCUT2D eigenvalue weighted by Gasteiger charge is -2.08. The maximum atomic E-state index is 13.6. The van der Waals surface area contributed by atoms with Crippen molar-refractivity contribution in [2.75, 3.05) is 6.79 Å². The van der Waals surface area contributed by atoms with Gasteiger partial charge in [0.15, 0.2) is 11.5 Å². The minimum absolute atomic E-state index is 0.0905. The van der Waals surface area contributed by atoms with Gasteiger partial charge in [-0.05, 0) is 24.3 Å². The number of hydrogen-bond donors (Lipinski definition) is 1. The quantitative estimate of drug-likeness (QED) is 0.947. The molecule has 0 aromatic heterocycles. The summed E-state index contributed by atoms with van der Waals surface area (Å²) >= 11 is 5.77. The Morgan fingerprint density at radius 3 is 3.00 bits per heavy atom. The minimum Gasteiger partial charge on any atom is -0.454 e. The van der Waals surface area contributed by atoms with E-state index in [4.69, 9.17) is 21.1 Å². The normalized spacial score (nSPS) is 12.3. The number of carbonyl (C=O) groups is 1. The summed E-state index contributed by atoms with van der Waals surface area (Å²) in [6.07, 6.45) is 0. The van der Waals surface area contributed by atoms with Crippen LogP contribution < -0.4 is 14.8 Å². The van der Waals surface area contributed by atoms with Gasteiger partial charge in [-0.25, -0.2) is 4.39 Å². The average molecular weight is 308 g/mol. The van der Waals surface area contributed by atoms with Gasteiger partial charge in [-0.1, -0.05) is 23.7 Å². The molecular formula is C15H11ClFNO3. The number of ether oxygens (including phenoxy) is 2. The van der Waals surface area contributed by atoms with Gasteiger partial charge in [0, 0.05) is 17.1 Å². The number of para-hydroxylation sites is 1. The van der Waals surface area contributed by atoms with Crippen LogP contribution in [-0.2, 0) is 6.54 Å². The lowest BCUT2D eigenvalue weighted by Crippen LogP contribution is -2.24. The van der Waals surface area contributed by atoms with E-state index >= 15 is 0 Å². The third-order valence-electron chi connectivity index (χ3n) is 3.09. The average Bonchev–Trinajstić information content (AvgIpc) is 2.96. The Labute approximate surface area is 125 Å². The second-order valence-corrected chi connectivity index (χ2v) is 4.89. The van der Waals surface area contributed by atoms with Crippen molar-refractivity contribution in [3.05, 3.63) is 58.4 Å². The van der Waals surface area contributed by atoms with Crippen LogP contribution in [-0.4, -0.2) is 12.7 Å². The van der Waals surface area contributed by atoms with Gasteiger partial charge < -0.3 is 14.8 Å². The third-order valence-corrected chi connectivity index (χ3v) is 3.33. The van der Waals surface area contributed by atoms with E-state index in [-0.39, 0.29) is 18.9 Å². The van der Waals surface area contributed by atoms with E-state index in [1.165, 1.54) is 12.1 Å². The zero-order valence-electron chi connectivity index (χ0n) is 10.9. The molecule has 1 aliphatic heterocycles. The number of benzene rings is 2. The number of nitrogens with one attached hydrogen (secondary N) is 1. The van der Waals surface area contributed by atoms with Crippen molar-refractivity contribution in [2.45, 2.75) is 6.54 Å². The molecule has 1 aliphatic rings. The molecule has 6 heteroatoms. The van der Waals surface area contributed by atoms with Crippen LogP contribution in [0.5, 0.6) is 11.5 Å². The molecule has 0 atom stereocenters. The molecule has 108 valence electrons. The molecule has 0 saturated heterocycles. The number of hydrogen-bond acceptors (Lipinski definition) is 3. The van der Waals surface area contributed by atoms with Gasteiger partial charge in [0.05, 0.1) is 5.56 Å². The van der Waals surface area contributed by atoms with Gasteiger partial charge >= 0.3 is 0 Å². The Bertz CT molecular complexity index is 705. The molecule has 1 heterocycles. The molecule has 0 radical (unpaired) electrons. The van der Waals surface area contributed by atoms with Gasteiger partial charge in [0.1, 0.15) is 5.82 Å². The van der Waals surface area contributed by atoms with Gasteiger partial charge in [-0.2, -0.15) is 0 Å². The topological polar surface area (TPSA) is 47.6 Å². The molecule has 0 fully saturated rings. The smallest absolute Gasteiger partial charge is 0.254 e. The summed E-state index contributed by atoms with van der Waals surface area (Å²) in [5.74, 6) is 0.0846. The lowest BCUT2D eigenvalue weighted by molar-refractivity contribution is 0.0946. The SMILES string of the molecule is O=C(NCc1cccc2c1OCO2)c1cc(Cl)ccc1F. The van der Waals surface area contributed by atoms with Crippen LogP contribution in [0.3, 0.4) is 0 Å². The fourth-order valence-electron chi connectivity index (χ4n) is 2.07. The van der Waals surface area contributed by atoms with Gasteiger partial charge in [0.25, 0.3) is 5.91 Å². The van der Waals surface area contributed by atoms with E-state index in [1.54, 1.807) is 12.1 Å². The summed E-state index contributed by atoms with van der Waals surface area (Å²) in [6, 6.07) is 9.24. The second-order valence-electron chi connectivity index (χ2n) is 4.46. The molecule has 0 spiro atoms. The highest BCUT2D eigenvalue weighted by atomic mass is 35.5. The van der Waals surface area contributed by atoms with Crippen molar-refractivity contribution in [3.63, 3.8) is 0 Å². The first-order valence-electron chi connectivity index (χ1n) is 6.26. The molecule has 4 nitrogen and oxygen atoms in total. The lowest BCUT2D eigenvalue weighted by atomic mass is 10.1. The molecule has 0 bridgehead atoms. The van der Waals surface area contributed by atoms with Crippen molar-refractivity contribution in [3.8, 4) is 11.5 Å². The largest absolute Gasteiger partial charge is 0.454 e. The number of fused-ring (bicyclic) bond motifs is 1. The van der Waals surface area contributed by atoms with Crippen molar-refractivity contribution < 1.29 is 18.7 Å². The first kappa shape index (κ1) is 13.7. The van der Waals surface area contributed by atoms with E-state index in [0.717, 1.165) is 11.6 Å². The summed E-state index contributed by atoms with van der Waals surface area (Å²) in [4.78, 5) is 12.0. The van der Waals surface area contributed by atoms with Gasteiger partial charge in [-0.3, -0.25) is 4.79 Å². The zero-order chi connectivity index (χ0) is 14.8. The summed E-state index contributed by atoms with van der Waals surface area (Å²) in [5, 5.41) is 2.94. The maximum absolute atomic E-state index is 13.6. The Kier molecular flexibility index (Phi) is 3.66. The van der Waals surface area contributed by atoms with Crippen molar-refractivity contribution in [1.29, 1.82) is 0 Å². The van der Waals surface area contributed by atoms with Crippen molar-refractivity contribution in [1.82, 2.24) is 5.32 Å². The van der Waals surface area contributed by atoms with Crippen molar-refractivity contribution >= 4 is 17.5 Å². The summed E-state index contributed by atoms with van der Waals surface area (Å²) in [6.45, 7) is 0.362. The molecule has 2 aromatic rings. The molecule has 0 saturated carbocycles. The first-order chi connectivity index (χ1) is 10.1. The van der Waals surface area contributed by atoms with Crippen LogP contribution in [0, 0.1) is 5.82 Å².